The Labute approximate surface area is 86.0 Å². The molecule has 0 aromatic carbocycles. The van der Waals surface area contributed by atoms with Gasteiger partial charge >= 0.3 is 0 Å². The molecule has 0 aliphatic carbocycles. The molecule has 1 aromatic heterocycles. The second-order valence-corrected chi connectivity index (χ2v) is 3.90. The lowest BCUT2D eigenvalue weighted by Gasteiger charge is -2.03. The van der Waals surface area contributed by atoms with Crippen LogP contribution < -0.4 is 5.32 Å². The highest BCUT2D eigenvalue weighted by Gasteiger charge is 1.92. The third-order valence-corrected chi connectivity index (χ3v) is 1.86. The molecule has 0 aliphatic rings. The number of nitrogens with one attached hydrogen (secondary N) is 1. The summed E-state index contributed by atoms with van der Waals surface area (Å²) in [6.07, 6.45) is 4.08. The van der Waals surface area contributed by atoms with Crippen LogP contribution in [0.5, 0.6) is 0 Å². The molecule has 0 aliphatic heterocycles. The van der Waals surface area contributed by atoms with Gasteiger partial charge in [0.1, 0.15) is 11.5 Å². The molecule has 0 radical (unpaired) electrons. The molecule has 0 fully saturated rings. The van der Waals surface area contributed by atoms with E-state index in [1.54, 1.807) is 0 Å². The highest BCUT2D eigenvalue weighted by atomic mass is 16.3. The Kier molecular flexibility index (Phi) is 4.47. The summed E-state index contributed by atoms with van der Waals surface area (Å²) in [6.45, 7) is 8.31. The fourth-order valence-corrected chi connectivity index (χ4v) is 1.17. The summed E-state index contributed by atoms with van der Waals surface area (Å²) >= 11 is 0. The van der Waals surface area contributed by atoms with Crippen LogP contribution in [0.1, 0.15) is 25.4 Å². The predicted molar refractivity (Wildman–Crippen MR) is 60.2 cm³/mol. The molecule has 2 heteroatoms. The van der Waals surface area contributed by atoms with Crippen molar-refractivity contribution in [2.75, 3.05) is 13.1 Å². The summed E-state index contributed by atoms with van der Waals surface area (Å²) < 4.78 is 5.40. The van der Waals surface area contributed by atoms with Gasteiger partial charge in [-0.25, -0.2) is 0 Å². The lowest BCUT2D eigenvalue weighted by atomic mass is 10.2. The predicted octanol–water partition coefficient (Wildman–Crippen LogP) is 2.85. The average Bonchev–Trinajstić information content (AvgIpc) is 2.50. The first-order valence-electron chi connectivity index (χ1n) is 5.12. The maximum Gasteiger partial charge on any atom is 0.126 e. The first-order valence-corrected chi connectivity index (χ1v) is 5.12. The maximum absolute atomic E-state index is 5.40. The van der Waals surface area contributed by atoms with Gasteiger partial charge < -0.3 is 9.73 Å². The van der Waals surface area contributed by atoms with Crippen LogP contribution in [0.4, 0.5) is 0 Å². The second kappa shape index (κ2) is 5.66. The molecule has 78 valence electrons. The van der Waals surface area contributed by atoms with Crippen molar-refractivity contribution >= 4 is 6.08 Å². The molecule has 0 atom stereocenters. The van der Waals surface area contributed by atoms with Gasteiger partial charge in [-0.05, 0) is 37.6 Å². The molecule has 0 bridgehead atoms. The molecule has 1 heterocycles. The van der Waals surface area contributed by atoms with Gasteiger partial charge in [0.05, 0.1) is 0 Å². The van der Waals surface area contributed by atoms with Gasteiger partial charge in [0.2, 0.25) is 0 Å². The molecule has 14 heavy (non-hydrogen) atoms. The normalized spacial score (nSPS) is 11.7. The van der Waals surface area contributed by atoms with Crippen molar-refractivity contribution in [1.82, 2.24) is 5.32 Å². The van der Waals surface area contributed by atoms with Crippen molar-refractivity contribution < 1.29 is 4.42 Å². The molecule has 1 aromatic rings. The summed E-state index contributed by atoms with van der Waals surface area (Å²) in [4.78, 5) is 0. The molecule has 2 nitrogen and oxygen atoms in total. The highest BCUT2D eigenvalue weighted by Crippen LogP contribution is 2.07. The van der Waals surface area contributed by atoms with Crippen LogP contribution in [0.2, 0.25) is 0 Å². The largest absolute Gasteiger partial charge is 0.462 e. The highest BCUT2D eigenvalue weighted by molar-refractivity contribution is 5.42. The van der Waals surface area contributed by atoms with Crippen LogP contribution in [0, 0.1) is 12.8 Å². The van der Waals surface area contributed by atoms with Crippen LogP contribution in [-0.4, -0.2) is 13.1 Å². The van der Waals surface area contributed by atoms with E-state index in [1.165, 1.54) is 0 Å². The van der Waals surface area contributed by atoms with Crippen LogP contribution in [0.3, 0.4) is 0 Å². The molecule has 0 saturated carbocycles. The molecule has 0 saturated heterocycles. The van der Waals surface area contributed by atoms with Gasteiger partial charge in [-0.15, -0.1) is 0 Å². The Morgan fingerprint density at radius 1 is 1.43 bits per heavy atom. The Hall–Kier alpha value is -1.02. The van der Waals surface area contributed by atoms with Crippen LogP contribution in [-0.2, 0) is 0 Å². The van der Waals surface area contributed by atoms with Gasteiger partial charge in [0, 0.05) is 6.54 Å². The SMILES string of the molecule is Cc1ccc(C=CCNCC(C)C)o1. The third-order valence-electron chi connectivity index (χ3n) is 1.86. The topological polar surface area (TPSA) is 25.2 Å². The van der Waals surface area contributed by atoms with E-state index >= 15 is 0 Å². The molecular weight excluding hydrogens is 174 g/mol. The summed E-state index contributed by atoms with van der Waals surface area (Å²) in [7, 11) is 0. The number of furan rings is 1. The quantitative estimate of drug-likeness (QED) is 0.727. The zero-order chi connectivity index (χ0) is 10.4. The summed E-state index contributed by atoms with van der Waals surface area (Å²) in [5.41, 5.74) is 0. The number of hydrogen-bond donors (Lipinski definition) is 1. The molecule has 0 spiro atoms. The minimum Gasteiger partial charge on any atom is -0.462 e. The van der Waals surface area contributed by atoms with E-state index < -0.39 is 0 Å². The van der Waals surface area contributed by atoms with E-state index in [9.17, 15) is 0 Å². The van der Waals surface area contributed by atoms with E-state index in [-0.39, 0.29) is 0 Å². The lowest BCUT2D eigenvalue weighted by molar-refractivity contribution is 0.524. The van der Waals surface area contributed by atoms with Crippen LogP contribution in [0.15, 0.2) is 22.6 Å². The Balaban J connectivity index is 2.21. The van der Waals surface area contributed by atoms with Crippen LogP contribution in [0.25, 0.3) is 6.08 Å². The van der Waals surface area contributed by atoms with E-state index in [0.29, 0.717) is 5.92 Å². The minimum atomic E-state index is 0.703. The molecular formula is C12H19NO. The first-order chi connectivity index (χ1) is 6.68. The first kappa shape index (κ1) is 11.1. The second-order valence-electron chi connectivity index (χ2n) is 3.90. The van der Waals surface area contributed by atoms with Crippen molar-refractivity contribution in [1.29, 1.82) is 0 Å². The van der Waals surface area contributed by atoms with E-state index in [1.807, 2.05) is 25.1 Å². The molecule has 1 N–H and O–H groups in total. The lowest BCUT2D eigenvalue weighted by Crippen LogP contribution is -2.19. The van der Waals surface area contributed by atoms with Crippen molar-refractivity contribution in [3.63, 3.8) is 0 Å². The summed E-state index contributed by atoms with van der Waals surface area (Å²) in [6, 6.07) is 3.95. The number of hydrogen-bond acceptors (Lipinski definition) is 2. The Bertz CT molecular complexity index is 286. The Morgan fingerprint density at radius 2 is 2.21 bits per heavy atom. The fourth-order valence-electron chi connectivity index (χ4n) is 1.17. The van der Waals surface area contributed by atoms with Gasteiger partial charge in [-0.2, -0.15) is 0 Å². The van der Waals surface area contributed by atoms with Gasteiger partial charge in [0.15, 0.2) is 0 Å². The standard InChI is InChI=1S/C12H19NO/c1-10(2)9-13-8-4-5-12-7-6-11(3)14-12/h4-7,10,13H,8-9H2,1-3H3. The van der Waals surface area contributed by atoms with Crippen molar-refractivity contribution in [2.24, 2.45) is 5.92 Å². The smallest absolute Gasteiger partial charge is 0.126 e. The molecule has 0 unspecified atom stereocenters. The van der Waals surface area contributed by atoms with E-state index in [4.69, 9.17) is 4.42 Å². The molecule has 0 amide bonds. The third kappa shape index (κ3) is 4.28. The van der Waals surface area contributed by atoms with Gasteiger partial charge in [-0.3, -0.25) is 0 Å². The minimum absolute atomic E-state index is 0.703. The van der Waals surface area contributed by atoms with Crippen molar-refractivity contribution in [3.05, 3.63) is 29.7 Å². The molecule has 1 rings (SSSR count). The van der Waals surface area contributed by atoms with E-state index in [2.05, 4.69) is 25.2 Å². The zero-order valence-corrected chi connectivity index (χ0v) is 9.21. The Morgan fingerprint density at radius 3 is 2.79 bits per heavy atom. The average molecular weight is 193 g/mol. The number of aryl methyl sites for hydroxylation is 1. The monoisotopic (exact) mass is 193 g/mol. The van der Waals surface area contributed by atoms with Gasteiger partial charge in [0.25, 0.3) is 0 Å². The fraction of sp³-hybridized carbons (Fsp3) is 0.500. The van der Waals surface area contributed by atoms with Gasteiger partial charge in [-0.1, -0.05) is 19.9 Å². The van der Waals surface area contributed by atoms with Crippen LogP contribution >= 0.6 is 0 Å². The number of rotatable bonds is 5. The maximum atomic E-state index is 5.40. The summed E-state index contributed by atoms with van der Waals surface area (Å²) in [5.74, 6) is 2.59. The summed E-state index contributed by atoms with van der Waals surface area (Å²) in [5, 5.41) is 3.33. The van der Waals surface area contributed by atoms with Crippen molar-refractivity contribution in [2.45, 2.75) is 20.8 Å². The van der Waals surface area contributed by atoms with E-state index in [0.717, 1.165) is 24.6 Å². The zero-order valence-electron chi connectivity index (χ0n) is 9.21. The van der Waals surface area contributed by atoms with Crippen molar-refractivity contribution in [3.8, 4) is 0 Å².